The number of hydrogen-bond donors (Lipinski definition) is 2. The summed E-state index contributed by atoms with van der Waals surface area (Å²) in [6.07, 6.45) is 5.27. The summed E-state index contributed by atoms with van der Waals surface area (Å²) < 4.78 is 0. The van der Waals surface area contributed by atoms with Crippen LogP contribution in [0.25, 0.3) is 0 Å². The van der Waals surface area contributed by atoms with E-state index in [1.807, 2.05) is 0 Å². The van der Waals surface area contributed by atoms with Gasteiger partial charge in [-0.2, -0.15) is 0 Å². The zero-order valence-corrected chi connectivity index (χ0v) is 13.0. The van der Waals surface area contributed by atoms with Gasteiger partial charge in [0.25, 0.3) is 0 Å². The van der Waals surface area contributed by atoms with Gasteiger partial charge in [-0.3, -0.25) is 4.79 Å². The maximum atomic E-state index is 12.4. The van der Waals surface area contributed by atoms with Crippen molar-refractivity contribution in [3.8, 4) is 0 Å². The van der Waals surface area contributed by atoms with Gasteiger partial charge in [0.05, 0.1) is 5.41 Å². The van der Waals surface area contributed by atoms with Crippen LogP contribution in [0.1, 0.15) is 46.0 Å². The first kappa shape index (κ1) is 16.4. The summed E-state index contributed by atoms with van der Waals surface area (Å²) in [4.78, 5) is 14.6. The van der Waals surface area contributed by atoms with Gasteiger partial charge in [-0.1, -0.05) is 26.7 Å². The molecule has 0 spiro atoms. The Bertz CT molecular complexity index is 283. The SMILES string of the molecule is CC(C)CC(CNC(=O)C1(CN)CCCC1)N(C)C. The molecule has 19 heavy (non-hydrogen) atoms. The number of nitrogens with two attached hydrogens (primary N) is 1. The van der Waals surface area contributed by atoms with E-state index in [9.17, 15) is 4.79 Å². The van der Waals surface area contributed by atoms with E-state index in [0.717, 1.165) is 38.6 Å². The second-order valence-electron chi connectivity index (χ2n) is 6.65. The molecule has 0 radical (unpaired) electrons. The molecule has 1 aliphatic rings. The highest BCUT2D eigenvalue weighted by atomic mass is 16.2. The van der Waals surface area contributed by atoms with Gasteiger partial charge >= 0.3 is 0 Å². The van der Waals surface area contributed by atoms with Crippen LogP contribution in [0, 0.1) is 11.3 Å². The topological polar surface area (TPSA) is 58.4 Å². The molecule has 0 saturated heterocycles. The quantitative estimate of drug-likeness (QED) is 0.738. The summed E-state index contributed by atoms with van der Waals surface area (Å²) in [5, 5.41) is 3.14. The van der Waals surface area contributed by atoms with Crippen molar-refractivity contribution in [2.75, 3.05) is 27.2 Å². The van der Waals surface area contributed by atoms with Crippen molar-refractivity contribution < 1.29 is 4.79 Å². The number of carbonyl (C=O) groups is 1. The molecule has 1 unspecified atom stereocenters. The van der Waals surface area contributed by atoms with Crippen molar-refractivity contribution in [3.63, 3.8) is 0 Å². The first-order chi connectivity index (χ1) is 8.91. The third-order valence-electron chi connectivity index (χ3n) is 4.41. The average Bonchev–Trinajstić information content (AvgIpc) is 2.83. The van der Waals surface area contributed by atoms with Gasteiger partial charge in [0.2, 0.25) is 5.91 Å². The van der Waals surface area contributed by atoms with Gasteiger partial charge in [-0.15, -0.1) is 0 Å². The number of carbonyl (C=O) groups excluding carboxylic acids is 1. The molecule has 4 heteroatoms. The second-order valence-corrected chi connectivity index (χ2v) is 6.65. The molecule has 1 aliphatic carbocycles. The van der Waals surface area contributed by atoms with Crippen LogP contribution in [0.5, 0.6) is 0 Å². The molecule has 0 aliphatic heterocycles. The third kappa shape index (κ3) is 4.46. The van der Waals surface area contributed by atoms with E-state index in [4.69, 9.17) is 5.73 Å². The number of likely N-dealkylation sites (N-methyl/N-ethyl adjacent to an activating group) is 1. The predicted molar refractivity (Wildman–Crippen MR) is 79.9 cm³/mol. The lowest BCUT2D eigenvalue weighted by Crippen LogP contribution is -2.48. The van der Waals surface area contributed by atoms with Gasteiger partial charge in [0, 0.05) is 19.1 Å². The van der Waals surface area contributed by atoms with Gasteiger partial charge < -0.3 is 16.0 Å². The summed E-state index contributed by atoms with van der Waals surface area (Å²) in [5.74, 6) is 0.808. The third-order valence-corrected chi connectivity index (χ3v) is 4.41. The average molecular weight is 269 g/mol. The molecular formula is C15H31N3O. The lowest BCUT2D eigenvalue weighted by atomic mass is 9.85. The summed E-state index contributed by atoms with van der Waals surface area (Å²) in [7, 11) is 4.15. The Morgan fingerprint density at radius 3 is 2.32 bits per heavy atom. The van der Waals surface area contributed by atoms with Gasteiger partial charge in [-0.25, -0.2) is 0 Å². The van der Waals surface area contributed by atoms with E-state index < -0.39 is 0 Å². The normalized spacial score (nSPS) is 19.9. The van der Waals surface area contributed by atoms with Crippen LogP contribution in [0.2, 0.25) is 0 Å². The van der Waals surface area contributed by atoms with Crippen LogP contribution >= 0.6 is 0 Å². The molecule has 112 valence electrons. The Morgan fingerprint density at radius 2 is 1.89 bits per heavy atom. The van der Waals surface area contributed by atoms with E-state index in [1.165, 1.54) is 0 Å². The van der Waals surface area contributed by atoms with Crippen LogP contribution < -0.4 is 11.1 Å². The van der Waals surface area contributed by atoms with E-state index in [-0.39, 0.29) is 11.3 Å². The Balaban J connectivity index is 2.51. The molecule has 0 aromatic carbocycles. The molecule has 0 aromatic heterocycles. The Labute approximate surface area is 118 Å². The summed E-state index contributed by atoms with van der Waals surface area (Å²) in [6, 6.07) is 0.403. The molecule has 1 saturated carbocycles. The van der Waals surface area contributed by atoms with Crippen molar-refractivity contribution in [1.82, 2.24) is 10.2 Å². The Morgan fingerprint density at radius 1 is 1.32 bits per heavy atom. The molecular weight excluding hydrogens is 238 g/mol. The highest BCUT2D eigenvalue weighted by Crippen LogP contribution is 2.37. The van der Waals surface area contributed by atoms with Crippen LogP contribution in [-0.2, 0) is 4.79 Å². The van der Waals surface area contributed by atoms with Crippen molar-refractivity contribution in [3.05, 3.63) is 0 Å². The number of hydrogen-bond acceptors (Lipinski definition) is 3. The molecule has 0 bridgehead atoms. The minimum atomic E-state index is -0.283. The Kier molecular flexibility index (Phi) is 6.27. The lowest BCUT2D eigenvalue weighted by Gasteiger charge is -2.30. The number of amides is 1. The van der Waals surface area contributed by atoms with Crippen molar-refractivity contribution in [1.29, 1.82) is 0 Å². The smallest absolute Gasteiger partial charge is 0.227 e. The van der Waals surface area contributed by atoms with E-state index in [1.54, 1.807) is 0 Å². The number of nitrogens with zero attached hydrogens (tertiary/aromatic N) is 1. The van der Waals surface area contributed by atoms with Gasteiger partial charge in [0.15, 0.2) is 0 Å². The molecule has 1 rings (SSSR count). The van der Waals surface area contributed by atoms with Crippen LogP contribution in [0.3, 0.4) is 0 Å². The lowest BCUT2D eigenvalue weighted by molar-refractivity contribution is -0.130. The van der Waals surface area contributed by atoms with Crippen LogP contribution in [0.4, 0.5) is 0 Å². The summed E-state index contributed by atoms with van der Waals surface area (Å²) in [5.41, 5.74) is 5.56. The summed E-state index contributed by atoms with van der Waals surface area (Å²) in [6.45, 7) is 5.65. The fourth-order valence-electron chi connectivity index (χ4n) is 2.99. The maximum absolute atomic E-state index is 12.4. The second kappa shape index (κ2) is 7.25. The van der Waals surface area contributed by atoms with Gasteiger partial charge in [0.1, 0.15) is 0 Å². The van der Waals surface area contributed by atoms with Crippen molar-refractivity contribution >= 4 is 5.91 Å². The molecule has 4 nitrogen and oxygen atoms in total. The minimum absolute atomic E-state index is 0.170. The number of nitrogens with one attached hydrogen (secondary N) is 1. The maximum Gasteiger partial charge on any atom is 0.227 e. The Hall–Kier alpha value is -0.610. The highest BCUT2D eigenvalue weighted by molar-refractivity contribution is 5.83. The largest absolute Gasteiger partial charge is 0.354 e. The molecule has 3 N–H and O–H groups in total. The molecule has 1 amide bonds. The van der Waals surface area contributed by atoms with Crippen molar-refractivity contribution in [2.24, 2.45) is 17.1 Å². The molecule has 0 aromatic rings. The van der Waals surface area contributed by atoms with Crippen molar-refractivity contribution in [2.45, 2.75) is 52.0 Å². The zero-order valence-electron chi connectivity index (χ0n) is 13.0. The highest BCUT2D eigenvalue weighted by Gasteiger charge is 2.39. The van der Waals surface area contributed by atoms with Crippen LogP contribution in [0.15, 0.2) is 0 Å². The molecule has 1 atom stereocenters. The fourth-order valence-corrected chi connectivity index (χ4v) is 2.99. The fraction of sp³-hybridized carbons (Fsp3) is 0.933. The van der Waals surface area contributed by atoms with E-state index in [2.05, 4.69) is 38.2 Å². The zero-order chi connectivity index (χ0) is 14.5. The van der Waals surface area contributed by atoms with E-state index in [0.29, 0.717) is 18.5 Å². The summed E-state index contributed by atoms with van der Waals surface area (Å²) >= 11 is 0. The monoisotopic (exact) mass is 269 g/mol. The van der Waals surface area contributed by atoms with E-state index >= 15 is 0 Å². The van der Waals surface area contributed by atoms with Crippen LogP contribution in [-0.4, -0.2) is 44.0 Å². The molecule has 0 heterocycles. The van der Waals surface area contributed by atoms with Gasteiger partial charge in [-0.05, 0) is 39.3 Å². The standard InChI is InChI=1S/C15H31N3O/c1-12(2)9-13(18(3)4)10-17-14(19)15(11-16)7-5-6-8-15/h12-13H,5-11,16H2,1-4H3,(H,17,19). The minimum Gasteiger partial charge on any atom is -0.354 e. The first-order valence-electron chi connectivity index (χ1n) is 7.56. The molecule has 1 fully saturated rings. The number of rotatable bonds is 7. The predicted octanol–water partition coefficient (Wildman–Crippen LogP) is 1.60. The first-order valence-corrected chi connectivity index (χ1v) is 7.56.